The minimum Gasteiger partial charge on any atom is -0.200 e. The first-order chi connectivity index (χ1) is 9.09. The summed E-state index contributed by atoms with van der Waals surface area (Å²) in [5, 5.41) is 3.77. The molecule has 0 unspecified atom stereocenters. The van der Waals surface area contributed by atoms with Crippen LogP contribution < -0.4 is 4.83 Å². The third kappa shape index (κ3) is 3.56. The summed E-state index contributed by atoms with van der Waals surface area (Å²) in [4.78, 5) is 2.24. The molecular weight excluding hydrogens is 284 g/mol. The Labute approximate surface area is 116 Å². The monoisotopic (exact) mass is 294 g/mol. The molecule has 2 aromatic rings. The topological polar surface area (TPSA) is 58.5 Å². The predicted octanol–water partition coefficient (Wildman–Crippen LogP) is 2.57. The maximum atomic E-state index is 11.9. The molecule has 2 rings (SSSR count). The Bertz CT molecular complexity index is 670. The van der Waals surface area contributed by atoms with Gasteiger partial charge in [0.1, 0.15) is 0 Å². The van der Waals surface area contributed by atoms with Gasteiger partial charge >= 0.3 is 0 Å². The van der Waals surface area contributed by atoms with E-state index in [9.17, 15) is 8.42 Å². The van der Waals surface area contributed by atoms with Crippen molar-refractivity contribution in [1.29, 1.82) is 0 Å². The van der Waals surface area contributed by atoms with Crippen molar-refractivity contribution in [2.45, 2.75) is 4.90 Å². The molecule has 0 amide bonds. The quantitative estimate of drug-likeness (QED) is 0.696. The zero-order valence-electron chi connectivity index (χ0n) is 9.82. The van der Waals surface area contributed by atoms with Crippen molar-refractivity contribution in [3.63, 3.8) is 0 Å². The molecule has 6 heteroatoms. The molecule has 0 aliphatic heterocycles. The number of benzene rings is 2. The van der Waals surface area contributed by atoms with Crippen LogP contribution in [-0.2, 0) is 10.0 Å². The molecular formula is C13H11ClN2O2S. The lowest BCUT2D eigenvalue weighted by molar-refractivity contribution is 0.584. The van der Waals surface area contributed by atoms with Crippen LogP contribution in [0.4, 0.5) is 0 Å². The molecule has 0 aliphatic carbocycles. The fraction of sp³-hybridized carbons (Fsp3) is 0. The van der Waals surface area contributed by atoms with E-state index in [1.54, 1.807) is 42.5 Å². The lowest BCUT2D eigenvalue weighted by Crippen LogP contribution is -2.19. The molecule has 0 radical (unpaired) electrons. The van der Waals surface area contributed by atoms with Gasteiger partial charge in [0.25, 0.3) is 10.0 Å². The van der Waals surface area contributed by atoms with Crippen LogP contribution in [0.2, 0.25) is 0 Å². The van der Waals surface area contributed by atoms with Gasteiger partial charge in [0, 0.05) is 5.56 Å². The van der Waals surface area contributed by atoms with Gasteiger partial charge < -0.3 is 0 Å². The second-order valence-corrected chi connectivity index (χ2v) is 5.70. The van der Waals surface area contributed by atoms with Crippen molar-refractivity contribution in [2.24, 2.45) is 5.10 Å². The van der Waals surface area contributed by atoms with E-state index < -0.39 is 10.0 Å². The van der Waals surface area contributed by atoms with Crippen LogP contribution in [0.5, 0.6) is 0 Å². The van der Waals surface area contributed by atoms with Crippen LogP contribution in [0, 0.1) is 0 Å². The Hall–Kier alpha value is -1.85. The zero-order valence-corrected chi connectivity index (χ0v) is 11.4. The number of hydrogen-bond acceptors (Lipinski definition) is 3. The first-order valence-corrected chi connectivity index (χ1v) is 7.31. The SMILES string of the molecule is O=S(=O)(N/N=C(\Cl)c1ccccc1)c1ccccc1. The normalized spacial score (nSPS) is 12.2. The summed E-state index contributed by atoms with van der Waals surface area (Å²) in [6, 6.07) is 16.9. The molecule has 0 aromatic heterocycles. The number of hydrazone groups is 1. The van der Waals surface area contributed by atoms with Crippen molar-refractivity contribution >= 4 is 26.8 Å². The Morgan fingerprint density at radius 3 is 2.05 bits per heavy atom. The van der Waals surface area contributed by atoms with Gasteiger partial charge in [-0.05, 0) is 12.1 Å². The highest BCUT2D eigenvalue weighted by Crippen LogP contribution is 2.08. The lowest BCUT2D eigenvalue weighted by atomic mass is 10.2. The second-order valence-electron chi connectivity index (χ2n) is 3.68. The zero-order chi connectivity index (χ0) is 13.7. The molecule has 0 bridgehead atoms. The van der Waals surface area contributed by atoms with Crippen LogP contribution in [0.25, 0.3) is 0 Å². The summed E-state index contributed by atoms with van der Waals surface area (Å²) in [6.45, 7) is 0. The smallest absolute Gasteiger partial charge is 0.200 e. The molecule has 0 saturated heterocycles. The molecule has 0 saturated carbocycles. The average molecular weight is 295 g/mol. The van der Waals surface area contributed by atoms with Gasteiger partial charge in [-0.1, -0.05) is 60.1 Å². The maximum absolute atomic E-state index is 11.9. The van der Waals surface area contributed by atoms with Crippen molar-refractivity contribution < 1.29 is 8.42 Å². The summed E-state index contributed by atoms with van der Waals surface area (Å²) in [5.41, 5.74) is 0.639. The first-order valence-electron chi connectivity index (χ1n) is 5.45. The van der Waals surface area contributed by atoms with Gasteiger partial charge in [-0.2, -0.15) is 18.4 Å². The fourth-order valence-corrected chi connectivity index (χ4v) is 2.44. The maximum Gasteiger partial charge on any atom is 0.276 e. The third-order valence-corrected chi connectivity index (χ3v) is 3.86. The summed E-state index contributed by atoms with van der Waals surface area (Å²) >= 11 is 5.92. The van der Waals surface area contributed by atoms with E-state index in [1.807, 2.05) is 6.07 Å². The van der Waals surface area contributed by atoms with Crippen LogP contribution in [0.15, 0.2) is 70.7 Å². The van der Waals surface area contributed by atoms with Crippen LogP contribution in [0.1, 0.15) is 5.56 Å². The van der Waals surface area contributed by atoms with E-state index in [0.29, 0.717) is 5.56 Å². The fourth-order valence-electron chi connectivity index (χ4n) is 1.39. The Balaban J connectivity index is 2.19. The van der Waals surface area contributed by atoms with E-state index >= 15 is 0 Å². The largest absolute Gasteiger partial charge is 0.276 e. The minimum absolute atomic E-state index is 0.0834. The average Bonchev–Trinajstić information content (AvgIpc) is 2.47. The number of sulfonamides is 1. The van der Waals surface area contributed by atoms with Crippen molar-refractivity contribution in [3.8, 4) is 0 Å². The highest BCUT2D eigenvalue weighted by Gasteiger charge is 2.12. The molecule has 0 heterocycles. The van der Waals surface area contributed by atoms with Gasteiger partial charge in [0.2, 0.25) is 0 Å². The number of nitrogens with one attached hydrogen (secondary N) is 1. The van der Waals surface area contributed by atoms with Crippen molar-refractivity contribution in [1.82, 2.24) is 4.83 Å². The summed E-state index contributed by atoms with van der Waals surface area (Å²) in [6.07, 6.45) is 0. The van der Waals surface area contributed by atoms with E-state index in [0.717, 1.165) is 0 Å². The Morgan fingerprint density at radius 2 is 1.47 bits per heavy atom. The first kappa shape index (κ1) is 13.6. The van der Waals surface area contributed by atoms with Crippen LogP contribution in [0.3, 0.4) is 0 Å². The highest BCUT2D eigenvalue weighted by molar-refractivity contribution is 7.89. The molecule has 0 aliphatic rings. The van der Waals surface area contributed by atoms with Gasteiger partial charge in [-0.3, -0.25) is 0 Å². The molecule has 19 heavy (non-hydrogen) atoms. The molecule has 98 valence electrons. The molecule has 0 spiro atoms. The third-order valence-electron chi connectivity index (χ3n) is 2.33. The van der Waals surface area contributed by atoms with Crippen LogP contribution >= 0.6 is 11.6 Å². The molecule has 0 fully saturated rings. The Kier molecular flexibility index (Phi) is 4.19. The standard InChI is InChI=1S/C13H11ClN2O2S/c14-13(11-7-3-1-4-8-11)15-16-19(17,18)12-9-5-2-6-10-12/h1-10,16H/b15-13-. The van der Waals surface area contributed by atoms with Gasteiger partial charge in [-0.25, -0.2) is 0 Å². The Morgan fingerprint density at radius 1 is 0.947 bits per heavy atom. The van der Waals surface area contributed by atoms with E-state index in [1.165, 1.54) is 12.1 Å². The molecule has 4 nitrogen and oxygen atoms in total. The lowest BCUT2D eigenvalue weighted by Gasteiger charge is -2.04. The van der Waals surface area contributed by atoms with Crippen LogP contribution in [-0.4, -0.2) is 13.6 Å². The van der Waals surface area contributed by atoms with Crippen molar-refractivity contribution in [3.05, 3.63) is 66.2 Å². The number of rotatable bonds is 4. The summed E-state index contributed by atoms with van der Waals surface area (Å²) in [7, 11) is -3.69. The number of halogens is 1. The second kappa shape index (κ2) is 5.86. The van der Waals surface area contributed by atoms with E-state index in [4.69, 9.17) is 11.6 Å². The number of hydrogen-bond donors (Lipinski definition) is 1. The summed E-state index contributed by atoms with van der Waals surface area (Å²) < 4.78 is 23.8. The molecule has 0 atom stereocenters. The highest BCUT2D eigenvalue weighted by atomic mass is 35.5. The van der Waals surface area contributed by atoms with Gasteiger partial charge in [-0.15, -0.1) is 0 Å². The minimum atomic E-state index is -3.69. The summed E-state index contributed by atoms with van der Waals surface area (Å²) in [5.74, 6) is 0. The molecule has 2 aromatic carbocycles. The number of nitrogens with zero attached hydrogens (tertiary/aromatic N) is 1. The van der Waals surface area contributed by atoms with E-state index in [-0.39, 0.29) is 10.1 Å². The van der Waals surface area contributed by atoms with E-state index in [2.05, 4.69) is 9.93 Å². The van der Waals surface area contributed by atoms with Crippen molar-refractivity contribution in [2.75, 3.05) is 0 Å². The molecule has 1 N–H and O–H groups in total. The van der Waals surface area contributed by atoms with Gasteiger partial charge in [0.15, 0.2) is 5.17 Å². The predicted molar refractivity (Wildman–Crippen MR) is 75.6 cm³/mol. The van der Waals surface area contributed by atoms with Gasteiger partial charge in [0.05, 0.1) is 4.90 Å².